The second-order valence-electron chi connectivity index (χ2n) is 12.2. The van der Waals surface area contributed by atoms with E-state index < -0.39 is 69.7 Å². The van der Waals surface area contributed by atoms with Crippen LogP contribution in [-0.2, 0) is 66.4 Å². The Morgan fingerprint density at radius 1 is 1.16 bits per heavy atom. The average Bonchev–Trinajstić information content (AvgIpc) is 3.49. The van der Waals surface area contributed by atoms with Crippen molar-refractivity contribution in [2.24, 2.45) is 0 Å². The van der Waals surface area contributed by atoms with E-state index in [2.05, 4.69) is 49.9 Å². The second-order valence-corrected chi connectivity index (χ2v) is 22.7. The summed E-state index contributed by atoms with van der Waals surface area (Å²) in [5.74, 6) is 6.56. The van der Waals surface area contributed by atoms with Gasteiger partial charge in [0.25, 0.3) is 0 Å². The van der Waals surface area contributed by atoms with Crippen LogP contribution in [0.3, 0.4) is 0 Å². The molecule has 28 heteroatoms. The molecule has 0 spiro atoms. The molecule has 8 N–H and O–H groups in total. The fourth-order valence-corrected chi connectivity index (χ4v) is 10.4. The molecule has 0 saturated carbocycles. The Bertz CT molecular complexity index is 1710. The minimum absolute atomic E-state index is 0.0276. The third-order valence-electron chi connectivity index (χ3n) is 7.16. The highest BCUT2D eigenvalue weighted by Crippen LogP contribution is 2.66. The fraction of sp³-hybridized carbons (Fsp3) is 0.750. The van der Waals surface area contributed by atoms with Crippen LogP contribution in [0.15, 0.2) is 11.0 Å². The number of phosphoric ester groups is 1. The van der Waals surface area contributed by atoms with Crippen LogP contribution in [0, 0.1) is 11.8 Å². The second kappa shape index (κ2) is 25.0. The summed E-state index contributed by atoms with van der Waals surface area (Å²) < 4.78 is 70.9. The van der Waals surface area contributed by atoms with Gasteiger partial charge in [0.05, 0.1) is 30.8 Å². The minimum atomic E-state index is -5.75. The molecule has 56 heavy (non-hydrogen) atoms. The number of hydrogen-bond donors (Lipinski definition) is 7. The third-order valence-corrected chi connectivity index (χ3v) is 16.0. The Morgan fingerprint density at radius 2 is 1.89 bits per heavy atom. The molecular weight excluding hydrogens is 884 g/mol. The van der Waals surface area contributed by atoms with Crippen molar-refractivity contribution in [2.45, 2.75) is 76.1 Å². The first-order valence-electron chi connectivity index (χ1n) is 16.8. The molecule has 1 fully saturated rings. The van der Waals surface area contributed by atoms with Crippen LogP contribution < -0.4 is 22.1 Å². The molecule has 0 aromatic carbocycles. The summed E-state index contributed by atoms with van der Waals surface area (Å²) in [4.78, 5) is 65.7. The van der Waals surface area contributed by atoms with Gasteiger partial charge in [0, 0.05) is 44.2 Å². The molecule has 0 bridgehead atoms. The minimum Gasteiger partial charge on any atom is -0.385 e. The van der Waals surface area contributed by atoms with Gasteiger partial charge in [0.1, 0.15) is 24.1 Å². The number of nitrogens with zero attached hydrogens (tertiary/aromatic N) is 2. The van der Waals surface area contributed by atoms with Crippen LogP contribution >= 0.6 is 45.1 Å². The number of nitrogens with two attached hydrogens (primary N) is 1. The van der Waals surface area contributed by atoms with Gasteiger partial charge >= 0.3 is 35.2 Å². The summed E-state index contributed by atoms with van der Waals surface area (Å²) in [6.45, 7) is 7.11. The lowest BCUT2D eigenvalue weighted by atomic mass is 10.1. The Morgan fingerprint density at radius 3 is 2.57 bits per heavy atom. The van der Waals surface area contributed by atoms with Gasteiger partial charge in [-0.2, -0.15) is 13.6 Å². The molecule has 2 amide bonds. The molecule has 0 aliphatic carbocycles. The Hall–Kier alpha value is -0.970. The zero-order valence-corrected chi connectivity index (χ0v) is 37.1. The first kappa shape index (κ1) is 51.2. The Kier molecular flexibility index (Phi) is 22.8. The number of unbranched alkanes of at least 4 members (excludes halogenated alkanes) is 2. The molecule has 1 aromatic rings. The maximum Gasteiger partial charge on any atom is 0.490 e. The number of phosphoric acid groups is 3. The van der Waals surface area contributed by atoms with Crippen molar-refractivity contribution in [3.63, 3.8) is 0 Å². The lowest BCUT2D eigenvalue weighted by molar-refractivity contribution is -0.0544. The highest BCUT2D eigenvalue weighted by molar-refractivity contribution is 8.77. The number of anilines is 1. The maximum absolute atomic E-state index is 12.8. The summed E-state index contributed by atoms with van der Waals surface area (Å²) in [6, 6.07) is -0.422. The van der Waals surface area contributed by atoms with Crippen LogP contribution in [0.5, 0.6) is 0 Å². The van der Waals surface area contributed by atoms with Crippen LogP contribution in [0.1, 0.15) is 64.7 Å². The van der Waals surface area contributed by atoms with Gasteiger partial charge < -0.3 is 54.9 Å². The van der Waals surface area contributed by atoms with E-state index in [9.17, 15) is 33.1 Å². The molecule has 1 saturated heterocycles. The van der Waals surface area contributed by atoms with Gasteiger partial charge in [-0.15, -0.1) is 0 Å². The molecule has 1 aliphatic heterocycles. The Balaban J connectivity index is 1.89. The number of hydrogen-bond acceptors (Lipinski definition) is 17. The average molecular weight is 934 g/mol. The molecule has 0 radical (unpaired) electrons. The first-order chi connectivity index (χ1) is 26.2. The number of carbonyl (C=O) groups excluding carboxylic acids is 1. The highest BCUT2D eigenvalue weighted by atomic mass is 33.1. The molecule has 2 heterocycles. The summed E-state index contributed by atoms with van der Waals surface area (Å²) in [5, 5.41) is 5.36. The number of methoxy groups -OCH3 is 1. The van der Waals surface area contributed by atoms with Crippen molar-refractivity contribution in [3.05, 3.63) is 22.2 Å². The molecule has 2 rings (SSSR count). The number of nitrogen functional groups attached to an aromatic ring is 1. The van der Waals surface area contributed by atoms with Gasteiger partial charge in [-0.25, -0.2) is 23.3 Å². The smallest absolute Gasteiger partial charge is 0.385 e. The number of amides is 2. The number of aromatic nitrogens is 2. The molecular formula is C28H50N5O16P3S4. The van der Waals surface area contributed by atoms with Crippen molar-refractivity contribution in [1.82, 2.24) is 20.2 Å². The quantitative estimate of drug-likeness (QED) is 0.0231. The van der Waals surface area contributed by atoms with E-state index in [1.54, 1.807) is 28.7 Å². The molecule has 322 valence electrons. The predicted octanol–water partition coefficient (Wildman–Crippen LogP) is 2.89. The molecule has 1 aliphatic rings. The number of urea groups is 1. The third kappa shape index (κ3) is 21.3. The van der Waals surface area contributed by atoms with E-state index >= 15 is 0 Å². The van der Waals surface area contributed by atoms with Gasteiger partial charge in [0.2, 0.25) is 0 Å². The monoisotopic (exact) mass is 933 g/mol. The lowest BCUT2D eigenvalue weighted by Crippen LogP contribution is -2.36. The van der Waals surface area contributed by atoms with Crippen LogP contribution in [0.4, 0.5) is 10.6 Å². The van der Waals surface area contributed by atoms with E-state index in [0.29, 0.717) is 24.8 Å². The summed E-state index contributed by atoms with van der Waals surface area (Å²) >= 11 is 5.30. The van der Waals surface area contributed by atoms with E-state index in [4.69, 9.17) is 50.2 Å². The Labute approximate surface area is 340 Å². The largest absolute Gasteiger partial charge is 0.490 e. The van der Waals surface area contributed by atoms with E-state index in [0.717, 1.165) is 36.9 Å². The van der Waals surface area contributed by atoms with Crippen LogP contribution in [-0.4, -0.2) is 110 Å². The zero-order chi connectivity index (χ0) is 42.0. The zero-order valence-electron chi connectivity index (χ0n) is 31.1. The highest BCUT2D eigenvalue weighted by Gasteiger charge is 2.43. The summed E-state index contributed by atoms with van der Waals surface area (Å²) in [7, 11) is -12.3. The normalized spacial score (nSPS) is 20.0. The van der Waals surface area contributed by atoms with Crippen molar-refractivity contribution < 1.29 is 70.2 Å². The summed E-state index contributed by atoms with van der Waals surface area (Å²) in [5.41, 5.74) is 5.22. The molecule has 6 atom stereocenters. The van der Waals surface area contributed by atoms with Gasteiger partial charge in [-0.3, -0.25) is 9.09 Å². The maximum atomic E-state index is 12.8. The standard InChI is InChI=1S/C28H50N5O16P3S4/c1-5-56(53)20-45-22-16-24(47-23(22)18-46-51(39,40)49-52(41,42)48-50(36,37)38)33-17-21(25(29)32-27(33)35)10-9-13-31-26(34)30-12-7-6-8-14-44-19-54-55-28(2,3)11-15-43-4/h17,22-24H,5-8,11-16,18-20H2,1-4H3,(H,39,40)(H,41,42)(H2,29,32,35)(H2,30,31,34)(H2,36,37,38)/t22?,23-,24-,56?/m1/s1. The predicted molar refractivity (Wildman–Crippen MR) is 215 cm³/mol. The number of carbonyl (C=O) groups is 1. The molecule has 1 aromatic heterocycles. The van der Waals surface area contributed by atoms with E-state index in [1.165, 1.54) is 6.20 Å². The van der Waals surface area contributed by atoms with Gasteiger partial charge in [0.15, 0.2) is 0 Å². The molecule has 4 unspecified atom stereocenters. The van der Waals surface area contributed by atoms with E-state index in [-0.39, 0.29) is 35.0 Å². The van der Waals surface area contributed by atoms with Crippen molar-refractivity contribution in [3.8, 4) is 11.8 Å². The fourth-order valence-electron chi connectivity index (χ4n) is 4.40. The van der Waals surface area contributed by atoms with Crippen molar-refractivity contribution in [2.75, 3.05) is 63.4 Å². The van der Waals surface area contributed by atoms with Crippen molar-refractivity contribution >= 4 is 77.5 Å². The van der Waals surface area contributed by atoms with Gasteiger partial charge in [-0.1, -0.05) is 49.8 Å². The van der Waals surface area contributed by atoms with E-state index in [1.807, 2.05) is 6.92 Å². The molecule has 21 nitrogen and oxygen atoms in total. The number of rotatable bonds is 26. The van der Waals surface area contributed by atoms with Crippen molar-refractivity contribution in [1.29, 1.82) is 0 Å². The first-order valence-corrected chi connectivity index (χ1v) is 26.2. The number of nitrogens with one attached hydrogen (secondary N) is 2. The number of ether oxygens (including phenoxy) is 4. The van der Waals surface area contributed by atoms with Crippen LogP contribution in [0.2, 0.25) is 0 Å². The SMILES string of the molecule is CCS(=S)COC1C[C@H](n2cc(C#CCNC(=O)NCCCCCOCSSC(C)(C)CCOC)c(N)nc2=O)O[C@@H]1COP(=O)(O)OP(=O)(O)OP(=O)(O)O. The lowest BCUT2D eigenvalue weighted by Gasteiger charge is -2.22. The summed E-state index contributed by atoms with van der Waals surface area (Å²) in [6.07, 6.45) is 1.51. The topological polar surface area (TPSA) is 299 Å². The van der Waals surface area contributed by atoms with Gasteiger partial charge in [-0.05, 0) is 56.5 Å². The van der Waals surface area contributed by atoms with Crippen LogP contribution in [0.25, 0.3) is 0 Å².